The van der Waals surface area contributed by atoms with Gasteiger partial charge in [0.2, 0.25) is 5.91 Å². The first-order valence-corrected chi connectivity index (χ1v) is 8.59. The van der Waals surface area contributed by atoms with Gasteiger partial charge in [-0.05, 0) is 24.2 Å². The summed E-state index contributed by atoms with van der Waals surface area (Å²) in [4.78, 5) is 24.9. The molecular weight excluding hydrogens is 294 g/mol. The van der Waals surface area contributed by atoms with E-state index >= 15 is 0 Å². The molecule has 0 aromatic heterocycles. The molecule has 6 nitrogen and oxygen atoms in total. The SMILES string of the molecule is CC(C)(C)CN(CC1=NN(CC2CCCCC2)C(=O)C1)C(=O)O. The zero-order chi connectivity index (χ0) is 17.0. The van der Waals surface area contributed by atoms with Gasteiger partial charge >= 0.3 is 6.09 Å². The van der Waals surface area contributed by atoms with Crippen molar-refractivity contribution in [1.82, 2.24) is 9.91 Å². The zero-order valence-corrected chi connectivity index (χ0v) is 14.5. The van der Waals surface area contributed by atoms with Crippen molar-refractivity contribution >= 4 is 17.7 Å². The molecule has 6 heteroatoms. The maximum absolute atomic E-state index is 12.1. The lowest BCUT2D eigenvalue weighted by atomic mass is 9.89. The molecule has 0 spiro atoms. The second-order valence-electron chi connectivity index (χ2n) is 8.02. The highest BCUT2D eigenvalue weighted by molar-refractivity contribution is 6.06. The first kappa shape index (κ1) is 17.8. The first-order valence-electron chi connectivity index (χ1n) is 8.59. The van der Waals surface area contributed by atoms with Gasteiger partial charge in [0, 0.05) is 13.1 Å². The fourth-order valence-corrected chi connectivity index (χ4v) is 3.36. The van der Waals surface area contributed by atoms with Gasteiger partial charge in [0.05, 0.1) is 18.7 Å². The summed E-state index contributed by atoms with van der Waals surface area (Å²) in [6.45, 7) is 7.34. The smallest absolute Gasteiger partial charge is 0.407 e. The van der Waals surface area contributed by atoms with Crippen LogP contribution in [-0.2, 0) is 4.79 Å². The third-order valence-electron chi connectivity index (χ3n) is 4.37. The summed E-state index contributed by atoms with van der Waals surface area (Å²) in [7, 11) is 0. The van der Waals surface area contributed by atoms with Crippen LogP contribution in [0.2, 0.25) is 0 Å². The number of amides is 2. The lowest BCUT2D eigenvalue weighted by Crippen LogP contribution is -2.40. The summed E-state index contributed by atoms with van der Waals surface area (Å²) in [5.74, 6) is 0.549. The van der Waals surface area contributed by atoms with Gasteiger partial charge in [-0.2, -0.15) is 5.10 Å². The van der Waals surface area contributed by atoms with E-state index in [0.29, 0.717) is 24.7 Å². The maximum atomic E-state index is 12.1. The quantitative estimate of drug-likeness (QED) is 0.844. The Balaban J connectivity index is 1.94. The molecule has 0 unspecified atom stereocenters. The second kappa shape index (κ2) is 7.32. The maximum Gasteiger partial charge on any atom is 0.407 e. The Labute approximate surface area is 138 Å². The number of rotatable bonds is 5. The van der Waals surface area contributed by atoms with Gasteiger partial charge in [0.25, 0.3) is 0 Å². The molecule has 130 valence electrons. The standard InChI is InChI=1S/C17H29N3O3/c1-17(2,3)12-19(16(22)23)11-14-9-15(21)20(18-14)10-13-7-5-4-6-8-13/h13H,4-12H2,1-3H3,(H,22,23). The van der Waals surface area contributed by atoms with E-state index in [1.807, 2.05) is 20.8 Å². The van der Waals surface area contributed by atoms with Crippen LogP contribution in [0.5, 0.6) is 0 Å². The monoisotopic (exact) mass is 323 g/mol. The van der Waals surface area contributed by atoms with Gasteiger partial charge in [0.1, 0.15) is 0 Å². The van der Waals surface area contributed by atoms with E-state index in [4.69, 9.17) is 0 Å². The minimum absolute atomic E-state index is 0.00618. The van der Waals surface area contributed by atoms with Crippen molar-refractivity contribution in [3.63, 3.8) is 0 Å². The third kappa shape index (κ3) is 5.52. The molecule has 0 radical (unpaired) electrons. The molecule has 23 heavy (non-hydrogen) atoms. The Kier molecular flexibility index (Phi) is 5.65. The van der Waals surface area contributed by atoms with Crippen LogP contribution in [0.15, 0.2) is 5.10 Å². The van der Waals surface area contributed by atoms with Crippen molar-refractivity contribution in [3.8, 4) is 0 Å². The molecule has 2 aliphatic rings. The van der Waals surface area contributed by atoms with Crippen LogP contribution in [0.3, 0.4) is 0 Å². The zero-order valence-electron chi connectivity index (χ0n) is 14.5. The first-order chi connectivity index (χ1) is 10.7. The topological polar surface area (TPSA) is 73.2 Å². The highest BCUT2D eigenvalue weighted by atomic mass is 16.4. The van der Waals surface area contributed by atoms with Gasteiger partial charge in [-0.1, -0.05) is 40.0 Å². The predicted molar refractivity (Wildman–Crippen MR) is 89.4 cm³/mol. The van der Waals surface area contributed by atoms with Crippen LogP contribution in [0.1, 0.15) is 59.3 Å². The highest BCUT2D eigenvalue weighted by Gasteiger charge is 2.30. The van der Waals surface area contributed by atoms with Gasteiger partial charge in [-0.3, -0.25) is 4.79 Å². The molecular formula is C17H29N3O3. The Morgan fingerprint density at radius 2 is 1.96 bits per heavy atom. The molecule has 1 fully saturated rings. The molecule has 0 aromatic rings. The molecule has 2 amide bonds. The minimum atomic E-state index is -0.958. The van der Waals surface area contributed by atoms with E-state index in [0.717, 1.165) is 0 Å². The fraction of sp³-hybridized carbons (Fsp3) is 0.824. The normalized spacial score (nSPS) is 19.9. The van der Waals surface area contributed by atoms with Crippen molar-refractivity contribution in [2.24, 2.45) is 16.4 Å². The lowest BCUT2D eigenvalue weighted by molar-refractivity contribution is -0.129. The average Bonchev–Trinajstić information content (AvgIpc) is 2.78. The molecule has 1 aliphatic heterocycles. The summed E-state index contributed by atoms with van der Waals surface area (Å²) < 4.78 is 0. The molecule has 1 N–H and O–H groups in total. The van der Waals surface area contributed by atoms with Crippen LogP contribution in [-0.4, -0.2) is 52.4 Å². The van der Waals surface area contributed by atoms with Gasteiger partial charge in [-0.15, -0.1) is 0 Å². The Morgan fingerprint density at radius 1 is 1.30 bits per heavy atom. The number of carbonyl (C=O) groups is 2. The summed E-state index contributed by atoms with van der Waals surface area (Å²) in [5, 5.41) is 15.3. The Bertz CT molecular complexity index is 476. The molecule has 0 bridgehead atoms. The molecule has 0 aromatic carbocycles. The number of hydrazone groups is 1. The average molecular weight is 323 g/mol. The van der Waals surface area contributed by atoms with Gasteiger partial charge in [0.15, 0.2) is 0 Å². The molecule has 1 aliphatic carbocycles. The van der Waals surface area contributed by atoms with E-state index < -0.39 is 6.09 Å². The number of hydrogen-bond donors (Lipinski definition) is 1. The van der Waals surface area contributed by atoms with Crippen LogP contribution < -0.4 is 0 Å². The lowest BCUT2D eigenvalue weighted by Gasteiger charge is -2.27. The molecule has 1 heterocycles. The van der Waals surface area contributed by atoms with Crippen LogP contribution in [0.25, 0.3) is 0 Å². The summed E-state index contributed by atoms with van der Waals surface area (Å²) in [6, 6.07) is 0. The summed E-state index contributed by atoms with van der Waals surface area (Å²) >= 11 is 0. The van der Waals surface area contributed by atoms with E-state index in [9.17, 15) is 14.7 Å². The van der Waals surface area contributed by atoms with Crippen molar-refractivity contribution in [2.75, 3.05) is 19.6 Å². The van der Waals surface area contributed by atoms with E-state index in [2.05, 4.69) is 5.10 Å². The van der Waals surface area contributed by atoms with E-state index in [1.54, 1.807) is 5.01 Å². The number of nitrogens with zero attached hydrogens (tertiary/aromatic N) is 3. The van der Waals surface area contributed by atoms with Crippen molar-refractivity contribution in [1.29, 1.82) is 0 Å². The Morgan fingerprint density at radius 3 is 2.52 bits per heavy atom. The molecule has 2 rings (SSSR count). The van der Waals surface area contributed by atoms with Gasteiger partial charge < -0.3 is 10.0 Å². The fourth-order valence-electron chi connectivity index (χ4n) is 3.36. The Hall–Kier alpha value is -1.59. The second-order valence-corrected chi connectivity index (χ2v) is 8.02. The van der Waals surface area contributed by atoms with E-state index in [-0.39, 0.29) is 24.3 Å². The highest BCUT2D eigenvalue weighted by Crippen LogP contribution is 2.26. The predicted octanol–water partition coefficient (Wildman–Crippen LogP) is 3.18. The number of carboxylic acid groups (broad SMARTS) is 1. The molecule has 0 atom stereocenters. The van der Waals surface area contributed by atoms with Crippen molar-refractivity contribution in [3.05, 3.63) is 0 Å². The van der Waals surface area contributed by atoms with Crippen molar-refractivity contribution < 1.29 is 14.7 Å². The van der Waals surface area contributed by atoms with E-state index in [1.165, 1.54) is 37.0 Å². The van der Waals surface area contributed by atoms with Crippen LogP contribution in [0, 0.1) is 11.3 Å². The summed E-state index contributed by atoms with van der Waals surface area (Å²) in [5.41, 5.74) is 0.543. The minimum Gasteiger partial charge on any atom is -0.465 e. The van der Waals surface area contributed by atoms with Crippen LogP contribution >= 0.6 is 0 Å². The van der Waals surface area contributed by atoms with Crippen LogP contribution in [0.4, 0.5) is 4.79 Å². The van der Waals surface area contributed by atoms with Gasteiger partial charge in [-0.25, -0.2) is 9.80 Å². The summed E-state index contributed by atoms with van der Waals surface area (Å²) in [6.07, 6.45) is 5.39. The molecule has 0 saturated heterocycles. The third-order valence-corrected chi connectivity index (χ3v) is 4.37. The number of hydrogen-bond acceptors (Lipinski definition) is 3. The van der Waals surface area contributed by atoms with Crippen molar-refractivity contribution in [2.45, 2.75) is 59.3 Å². The number of carbonyl (C=O) groups excluding carboxylic acids is 1. The molecule has 1 saturated carbocycles. The largest absolute Gasteiger partial charge is 0.465 e.